The Morgan fingerprint density at radius 2 is 1.76 bits per heavy atom. The van der Waals surface area contributed by atoms with Crippen LogP contribution < -0.4 is 5.32 Å². The van der Waals surface area contributed by atoms with Gasteiger partial charge in [-0.3, -0.25) is 4.79 Å². The standard InChI is InChI=1S/C22H26Cl2N2O5S2/c1-15(17-6-8-19(9-7-17)32(2,28)29)25-22(27)18-4-3-11-26(13-18)33(30,31)14-16-5-10-20(23)21(24)12-16/h5-10,12,15,18H,3-4,11,13-14H2,1-2H3,(H,25,27). The number of sulfonamides is 1. The second-order valence-electron chi connectivity index (χ2n) is 8.27. The quantitative estimate of drug-likeness (QED) is 0.584. The van der Waals surface area contributed by atoms with Crippen LogP contribution in [0.2, 0.25) is 10.0 Å². The molecule has 180 valence electrons. The van der Waals surface area contributed by atoms with Crippen LogP contribution in [0.25, 0.3) is 0 Å². The van der Waals surface area contributed by atoms with Gasteiger partial charge in [-0.05, 0) is 55.2 Å². The zero-order valence-corrected chi connectivity index (χ0v) is 21.4. The van der Waals surface area contributed by atoms with Crippen molar-refractivity contribution in [2.45, 2.75) is 36.5 Å². The number of benzene rings is 2. The third kappa shape index (κ3) is 6.70. The van der Waals surface area contributed by atoms with E-state index in [9.17, 15) is 21.6 Å². The third-order valence-electron chi connectivity index (χ3n) is 5.65. The fourth-order valence-corrected chi connectivity index (χ4v) is 6.31. The SMILES string of the molecule is CC(NC(=O)C1CCCN(S(=O)(=O)Cc2ccc(Cl)c(Cl)c2)C1)c1ccc(S(C)(=O)=O)cc1. The topological polar surface area (TPSA) is 101 Å². The van der Waals surface area contributed by atoms with Crippen molar-refractivity contribution in [3.63, 3.8) is 0 Å². The van der Waals surface area contributed by atoms with Crippen LogP contribution >= 0.6 is 23.2 Å². The first-order valence-corrected chi connectivity index (χ1v) is 14.6. The van der Waals surface area contributed by atoms with Crippen molar-refractivity contribution in [2.24, 2.45) is 5.92 Å². The predicted octanol–water partition coefficient (Wildman–Crippen LogP) is 3.82. The molecule has 0 bridgehead atoms. The van der Waals surface area contributed by atoms with Crippen molar-refractivity contribution in [3.8, 4) is 0 Å². The van der Waals surface area contributed by atoms with Crippen LogP contribution in [-0.2, 0) is 30.4 Å². The molecule has 2 atom stereocenters. The number of nitrogens with zero attached hydrogens (tertiary/aromatic N) is 1. The lowest BCUT2D eigenvalue weighted by Crippen LogP contribution is -2.46. The van der Waals surface area contributed by atoms with E-state index in [-0.39, 0.29) is 29.1 Å². The van der Waals surface area contributed by atoms with Gasteiger partial charge in [0.15, 0.2) is 9.84 Å². The van der Waals surface area contributed by atoms with E-state index in [1.54, 1.807) is 31.2 Å². The zero-order valence-electron chi connectivity index (χ0n) is 18.3. The van der Waals surface area contributed by atoms with E-state index < -0.39 is 25.8 Å². The summed E-state index contributed by atoms with van der Waals surface area (Å²) in [5.41, 5.74) is 1.29. The molecule has 2 unspecified atom stereocenters. The molecule has 1 N–H and O–H groups in total. The van der Waals surface area contributed by atoms with E-state index in [1.165, 1.54) is 22.5 Å². The highest BCUT2D eigenvalue weighted by Crippen LogP contribution is 2.26. The normalized spacial score (nSPS) is 18.6. The van der Waals surface area contributed by atoms with E-state index in [0.29, 0.717) is 35.0 Å². The fraction of sp³-hybridized carbons (Fsp3) is 0.409. The highest BCUT2D eigenvalue weighted by Gasteiger charge is 2.33. The van der Waals surface area contributed by atoms with Crippen molar-refractivity contribution in [2.75, 3.05) is 19.3 Å². The minimum Gasteiger partial charge on any atom is -0.349 e. The predicted molar refractivity (Wildman–Crippen MR) is 129 cm³/mol. The van der Waals surface area contributed by atoms with Crippen molar-refractivity contribution >= 4 is 49.0 Å². The first-order valence-electron chi connectivity index (χ1n) is 10.4. The van der Waals surface area contributed by atoms with Crippen molar-refractivity contribution in [3.05, 3.63) is 63.6 Å². The summed E-state index contributed by atoms with van der Waals surface area (Å²) in [6, 6.07) is 10.7. The van der Waals surface area contributed by atoms with Gasteiger partial charge in [0.1, 0.15) is 0 Å². The maximum atomic E-state index is 12.9. The molecule has 1 saturated heterocycles. The first-order chi connectivity index (χ1) is 15.4. The summed E-state index contributed by atoms with van der Waals surface area (Å²) in [7, 11) is -6.93. The molecule has 0 spiro atoms. The van der Waals surface area contributed by atoms with E-state index >= 15 is 0 Å². The summed E-state index contributed by atoms with van der Waals surface area (Å²) in [6.07, 6.45) is 2.30. The molecule has 1 aliphatic heterocycles. The highest BCUT2D eigenvalue weighted by atomic mass is 35.5. The number of halogens is 2. The van der Waals surface area contributed by atoms with E-state index in [0.717, 1.165) is 11.8 Å². The van der Waals surface area contributed by atoms with Crippen LogP contribution in [0, 0.1) is 5.92 Å². The molecule has 0 radical (unpaired) electrons. The van der Waals surface area contributed by atoms with Crippen molar-refractivity contribution in [1.82, 2.24) is 9.62 Å². The Labute approximate surface area is 205 Å². The summed E-state index contributed by atoms with van der Waals surface area (Å²) < 4.78 is 50.5. The number of hydrogen-bond donors (Lipinski definition) is 1. The van der Waals surface area contributed by atoms with Gasteiger partial charge in [0.2, 0.25) is 15.9 Å². The van der Waals surface area contributed by atoms with Gasteiger partial charge < -0.3 is 5.32 Å². The summed E-state index contributed by atoms with van der Waals surface area (Å²) in [4.78, 5) is 13.1. The Balaban J connectivity index is 1.64. The highest BCUT2D eigenvalue weighted by molar-refractivity contribution is 7.90. The largest absolute Gasteiger partial charge is 0.349 e. The fourth-order valence-electron chi connectivity index (χ4n) is 3.76. The molecule has 1 fully saturated rings. The van der Waals surface area contributed by atoms with Gasteiger partial charge in [0.05, 0.1) is 32.7 Å². The lowest BCUT2D eigenvalue weighted by molar-refractivity contribution is -0.126. The number of piperidine rings is 1. The second kappa shape index (κ2) is 10.3. The zero-order chi connectivity index (χ0) is 24.4. The average molecular weight is 533 g/mol. The molecule has 2 aromatic rings. The van der Waals surface area contributed by atoms with Gasteiger partial charge in [-0.1, -0.05) is 41.4 Å². The molecule has 1 aliphatic rings. The third-order valence-corrected chi connectivity index (χ3v) is 9.33. The summed E-state index contributed by atoms with van der Waals surface area (Å²) in [5, 5.41) is 3.56. The maximum absolute atomic E-state index is 12.9. The molecule has 33 heavy (non-hydrogen) atoms. The molecule has 1 amide bonds. The Morgan fingerprint density at radius 3 is 2.36 bits per heavy atom. The van der Waals surface area contributed by atoms with Gasteiger partial charge in [0.25, 0.3) is 0 Å². The number of carbonyl (C=O) groups excluding carboxylic acids is 1. The molecule has 1 heterocycles. The van der Waals surface area contributed by atoms with E-state index in [4.69, 9.17) is 23.2 Å². The van der Waals surface area contributed by atoms with Gasteiger partial charge in [0, 0.05) is 19.3 Å². The van der Waals surface area contributed by atoms with Gasteiger partial charge >= 0.3 is 0 Å². The molecule has 3 rings (SSSR count). The van der Waals surface area contributed by atoms with Gasteiger partial charge in [-0.15, -0.1) is 0 Å². The Hall–Kier alpha value is -1.65. The lowest BCUT2D eigenvalue weighted by Gasteiger charge is -2.32. The number of amides is 1. The van der Waals surface area contributed by atoms with Crippen LogP contribution in [0.5, 0.6) is 0 Å². The van der Waals surface area contributed by atoms with Gasteiger partial charge in [-0.25, -0.2) is 21.1 Å². The van der Waals surface area contributed by atoms with Crippen molar-refractivity contribution < 1.29 is 21.6 Å². The smallest absolute Gasteiger partial charge is 0.224 e. The summed E-state index contributed by atoms with van der Waals surface area (Å²) >= 11 is 11.9. The number of carbonyl (C=O) groups is 1. The summed E-state index contributed by atoms with van der Waals surface area (Å²) in [5.74, 6) is -0.925. The molecular weight excluding hydrogens is 507 g/mol. The lowest BCUT2D eigenvalue weighted by atomic mass is 9.98. The van der Waals surface area contributed by atoms with Crippen LogP contribution in [0.4, 0.5) is 0 Å². The number of nitrogens with one attached hydrogen (secondary N) is 1. The Kier molecular flexibility index (Phi) is 8.11. The molecule has 0 saturated carbocycles. The molecule has 11 heteroatoms. The second-order valence-corrected chi connectivity index (χ2v) is 13.1. The van der Waals surface area contributed by atoms with Crippen LogP contribution in [0.1, 0.15) is 36.9 Å². The van der Waals surface area contributed by atoms with Crippen LogP contribution in [-0.4, -0.2) is 46.4 Å². The molecule has 7 nitrogen and oxygen atoms in total. The molecule has 0 aliphatic carbocycles. The average Bonchev–Trinajstić information content (AvgIpc) is 2.75. The monoisotopic (exact) mass is 532 g/mol. The van der Waals surface area contributed by atoms with E-state index in [2.05, 4.69) is 5.32 Å². The Bertz CT molecular complexity index is 1230. The van der Waals surface area contributed by atoms with Crippen molar-refractivity contribution in [1.29, 1.82) is 0 Å². The number of rotatable bonds is 7. The Morgan fingerprint density at radius 1 is 1.09 bits per heavy atom. The maximum Gasteiger partial charge on any atom is 0.224 e. The minimum atomic E-state index is -3.64. The first kappa shape index (κ1) is 26.0. The minimum absolute atomic E-state index is 0.106. The number of hydrogen-bond acceptors (Lipinski definition) is 5. The molecule has 0 aromatic heterocycles. The summed E-state index contributed by atoms with van der Waals surface area (Å²) in [6.45, 7) is 2.26. The molecular formula is C22H26Cl2N2O5S2. The van der Waals surface area contributed by atoms with Crippen LogP contribution in [0.15, 0.2) is 47.4 Å². The van der Waals surface area contributed by atoms with Gasteiger partial charge in [-0.2, -0.15) is 0 Å². The molecule has 2 aromatic carbocycles. The van der Waals surface area contributed by atoms with Crippen LogP contribution in [0.3, 0.4) is 0 Å². The number of sulfone groups is 1. The van der Waals surface area contributed by atoms with E-state index in [1.807, 2.05) is 0 Å².